The zero-order valence-corrected chi connectivity index (χ0v) is 19.3. The van der Waals surface area contributed by atoms with Gasteiger partial charge in [-0.05, 0) is 41.3 Å². The number of methoxy groups -OCH3 is 2. The van der Waals surface area contributed by atoms with Crippen molar-refractivity contribution in [1.82, 2.24) is 0 Å². The van der Waals surface area contributed by atoms with Gasteiger partial charge in [0.15, 0.2) is 17.5 Å². The molecule has 0 spiro atoms. The van der Waals surface area contributed by atoms with Gasteiger partial charge in [0.05, 0.1) is 20.8 Å². The molecule has 2 aromatic carbocycles. The second-order valence-electron chi connectivity index (χ2n) is 5.91. The lowest BCUT2D eigenvalue weighted by atomic mass is 10.0. The van der Waals surface area contributed by atoms with Gasteiger partial charge in [-0.2, -0.15) is 0 Å². The number of halogens is 2. The summed E-state index contributed by atoms with van der Waals surface area (Å²) in [7, 11) is 3.21. The highest BCUT2D eigenvalue weighted by Gasteiger charge is 2.09. The fourth-order valence-corrected chi connectivity index (χ4v) is 2.80. The molecule has 0 heterocycles. The maximum Gasteiger partial charge on any atom is 0.193 e. The number of nitrogens with zero attached hydrogens (tertiary/aromatic N) is 1. The average Bonchev–Trinajstić information content (AvgIpc) is 2.60. The van der Waals surface area contributed by atoms with Crippen LogP contribution in [0.25, 0.3) is 0 Å². The van der Waals surface area contributed by atoms with E-state index >= 15 is 0 Å². The maximum absolute atomic E-state index is 6.02. The summed E-state index contributed by atoms with van der Waals surface area (Å²) in [6.45, 7) is 4.74. The molecule has 0 radical (unpaired) electrons. The summed E-state index contributed by atoms with van der Waals surface area (Å²) >= 11 is 3.53. The number of nitrogens with two attached hydrogens (primary N) is 1. The van der Waals surface area contributed by atoms with Gasteiger partial charge in [-0.25, -0.2) is 4.99 Å². The van der Waals surface area contributed by atoms with Gasteiger partial charge in [0.2, 0.25) is 0 Å². The summed E-state index contributed by atoms with van der Waals surface area (Å²) < 4.78 is 11.5. The molecule has 0 unspecified atom stereocenters. The summed E-state index contributed by atoms with van der Waals surface area (Å²) in [5.41, 5.74) is 9.16. The molecule has 2 aromatic rings. The van der Waals surface area contributed by atoms with E-state index in [0.29, 0.717) is 29.9 Å². The fourth-order valence-electron chi connectivity index (χ4n) is 2.35. The largest absolute Gasteiger partial charge is 0.493 e. The number of benzene rings is 2. The highest BCUT2D eigenvalue weighted by molar-refractivity contribution is 14.0. The number of ether oxygens (including phenoxy) is 2. The second kappa shape index (κ2) is 10.6. The molecule has 3 N–H and O–H groups in total. The summed E-state index contributed by atoms with van der Waals surface area (Å²) in [6.07, 6.45) is 0. The van der Waals surface area contributed by atoms with Crippen molar-refractivity contribution < 1.29 is 9.47 Å². The molecule has 0 aromatic heterocycles. The molecule has 5 nitrogen and oxygen atoms in total. The standard InChI is InChI=1S/C19H24BrN3O2.HI/c1-12(2)13-6-5-7-15(8-13)23-19(21)22-11-14-9-17(24-3)18(25-4)10-16(14)20;/h5-10,12H,11H2,1-4H3,(H3,21,22,23);1H. The summed E-state index contributed by atoms with van der Waals surface area (Å²) in [5, 5.41) is 3.13. The first kappa shape index (κ1) is 22.6. The van der Waals surface area contributed by atoms with Crippen LogP contribution in [0.4, 0.5) is 5.69 Å². The van der Waals surface area contributed by atoms with E-state index in [0.717, 1.165) is 15.7 Å². The summed E-state index contributed by atoms with van der Waals surface area (Å²) in [6, 6.07) is 11.9. The third kappa shape index (κ3) is 6.05. The first-order valence-corrected chi connectivity index (χ1v) is 8.81. The Balaban J connectivity index is 0.00000338. The zero-order valence-electron chi connectivity index (χ0n) is 15.4. The van der Waals surface area contributed by atoms with Gasteiger partial charge in [0.1, 0.15) is 0 Å². The van der Waals surface area contributed by atoms with Crippen LogP contribution in [0.5, 0.6) is 11.5 Å². The monoisotopic (exact) mass is 533 g/mol. The molecule has 0 bridgehead atoms. The van der Waals surface area contributed by atoms with Crippen LogP contribution < -0.4 is 20.5 Å². The van der Waals surface area contributed by atoms with Crippen molar-refractivity contribution in [3.05, 3.63) is 52.0 Å². The highest BCUT2D eigenvalue weighted by atomic mass is 127. The minimum atomic E-state index is 0. The summed E-state index contributed by atoms with van der Waals surface area (Å²) in [4.78, 5) is 4.41. The van der Waals surface area contributed by atoms with Gasteiger partial charge in [0, 0.05) is 10.2 Å². The van der Waals surface area contributed by atoms with Crippen molar-refractivity contribution in [3.8, 4) is 11.5 Å². The van der Waals surface area contributed by atoms with E-state index in [2.05, 4.69) is 52.2 Å². The Labute approximate surface area is 180 Å². The van der Waals surface area contributed by atoms with Gasteiger partial charge < -0.3 is 20.5 Å². The van der Waals surface area contributed by atoms with E-state index in [-0.39, 0.29) is 24.0 Å². The first-order chi connectivity index (χ1) is 11.9. The predicted molar refractivity (Wildman–Crippen MR) is 122 cm³/mol. The lowest BCUT2D eigenvalue weighted by Crippen LogP contribution is -2.22. The van der Waals surface area contributed by atoms with Crippen LogP contribution in [0.15, 0.2) is 45.9 Å². The Kier molecular flexibility index (Phi) is 9.21. The normalized spacial score (nSPS) is 11.1. The number of nitrogens with one attached hydrogen (secondary N) is 1. The number of anilines is 1. The predicted octanol–water partition coefficient (Wildman–Crippen LogP) is 5.13. The third-order valence-corrected chi connectivity index (χ3v) is 4.54. The Morgan fingerprint density at radius 1 is 1.15 bits per heavy atom. The lowest BCUT2D eigenvalue weighted by Gasteiger charge is -2.12. The molecule has 142 valence electrons. The van der Waals surface area contributed by atoms with E-state index in [4.69, 9.17) is 15.2 Å². The molecular formula is C19H25BrIN3O2. The average molecular weight is 534 g/mol. The Morgan fingerprint density at radius 3 is 2.42 bits per heavy atom. The van der Waals surface area contributed by atoms with Gasteiger partial charge in [-0.15, -0.1) is 24.0 Å². The highest BCUT2D eigenvalue weighted by Crippen LogP contribution is 2.33. The SMILES string of the molecule is COc1cc(Br)c(CN=C(N)Nc2cccc(C(C)C)c2)cc1OC.I. The molecule has 0 amide bonds. The van der Waals surface area contributed by atoms with Gasteiger partial charge >= 0.3 is 0 Å². The fraction of sp³-hybridized carbons (Fsp3) is 0.316. The van der Waals surface area contributed by atoms with Gasteiger partial charge in [-0.1, -0.05) is 41.9 Å². The van der Waals surface area contributed by atoms with E-state index in [1.54, 1.807) is 14.2 Å². The van der Waals surface area contributed by atoms with E-state index in [1.165, 1.54) is 5.56 Å². The van der Waals surface area contributed by atoms with Gasteiger partial charge in [-0.3, -0.25) is 0 Å². The third-order valence-electron chi connectivity index (χ3n) is 3.80. The van der Waals surface area contributed by atoms with Crippen LogP contribution in [0.1, 0.15) is 30.9 Å². The molecule has 0 saturated heterocycles. The number of aliphatic imine (C=N–C) groups is 1. The van der Waals surface area contributed by atoms with Crippen molar-refractivity contribution in [2.75, 3.05) is 19.5 Å². The topological polar surface area (TPSA) is 68.9 Å². The molecule has 7 heteroatoms. The van der Waals surface area contributed by atoms with Crippen LogP contribution in [-0.2, 0) is 6.54 Å². The van der Waals surface area contributed by atoms with Crippen molar-refractivity contribution in [1.29, 1.82) is 0 Å². The minimum Gasteiger partial charge on any atom is -0.493 e. The Hall–Kier alpha value is -1.48. The van der Waals surface area contributed by atoms with Crippen LogP contribution in [0.2, 0.25) is 0 Å². The number of rotatable bonds is 6. The maximum atomic E-state index is 6.02. The molecule has 26 heavy (non-hydrogen) atoms. The quantitative estimate of drug-likeness (QED) is 0.306. The molecule has 0 aliphatic heterocycles. The van der Waals surface area contributed by atoms with E-state index in [9.17, 15) is 0 Å². The molecule has 0 aliphatic carbocycles. The smallest absolute Gasteiger partial charge is 0.193 e. The molecular weight excluding hydrogens is 509 g/mol. The van der Waals surface area contributed by atoms with Crippen LogP contribution in [-0.4, -0.2) is 20.2 Å². The molecule has 0 saturated carbocycles. The number of hydrogen-bond acceptors (Lipinski definition) is 3. The molecule has 0 aliphatic rings. The van der Waals surface area contributed by atoms with Crippen LogP contribution >= 0.6 is 39.9 Å². The second-order valence-corrected chi connectivity index (χ2v) is 6.76. The molecule has 2 rings (SSSR count). The Bertz CT molecular complexity index is 766. The molecule has 0 fully saturated rings. The zero-order chi connectivity index (χ0) is 18.4. The lowest BCUT2D eigenvalue weighted by molar-refractivity contribution is 0.354. The van der Waals surface area contributed by atoms with Crippen molar-refractivity contribution >= 4 is 51.6 Å². The molecule has 0 atom stereocenters. The Morgan fingerprint density at radius 2 is 1.81 bits per heavy atom. The van der Waals surface area contributed by atoms with Gasteiger partial charge in [0.25, 0.3) is 0 Å². The first-order valence-electron chi connectivity index (χ1n) is 8.02. The summed E-state index contributed by atoms with van der Waals surface area (Å²) in [5.74, 6) is 2.15. The minimum absolute atomic E-state index is 0. The van der Waals surface area contributed by atoms with Crippen LogP contribution in [0, 0.1) is 0 Å². The van der Waals surface area contributed by atoms with Crippen LogP contribution in [0.3, 0.4) is 0 Å². The van der Waals surface area contributed by atoms with Crippen molar-refractivity contribution in [2.24, 2.45) is 10.7 Å². The van der Waals surface area contributed by atoms with Crippen molar-refractivity contribution in [3.63, 3.8) is 0 Å². The van der Waals surface area contributed by atoms with E-state index in [1.807, 2.05) is 24.3 Å². The van der Waals surface area contributed by atoms with Crippen molar-refractivity contribution in [2.45, 2.75) is 26.3 Å². The van der Waals surface area contributed by atoms with E-state index < -0.39 is 0 Å². The number of hydrogen-bond donors (Lipinski definition) is 2. The number of guanidine groups is 1.